The number of aromatic carboxylic acids is 1. The number of halogens is 1. The van der Waals surface area contributed by atoms with Crippen LogP contribution in [0.4, 0.5) is 29.0 Å². The molecular formula is C58H59ClN12O12. The maximum absolute atomic E-state index is 14.2. The third-order valence-electron chi connectivity index (χ3n) is 14.5. The lowest BCUT2D eigenvalue weighted by atomic mass is 9.90. The Balaban J connectivity index is 0.849. The molecule has 1 fully saturated rings. The molecule has 4 aliphatic rings. The van der Waals surface area contributed by atoms with Crippen LogP contribution in [0.3, 0.4) is 0 Å². The van der Waals surface area contributed by atoms with Gasteiger partial charge in [0.25, 0.3) is 5.91 Å². The minimum absolute atomic E-state index is 0.0117. The largest absolute Gasteiger partial charge is 0.508 e. The molecule has 3 aliphatic heterocycles. The van der Waals surface area contributed by atoms with Crippen LogP contribution in [-0.4, -0.2) is 105 Å². The average molecular weight is 1150 g/mol. The van der Waals surface area contributed by atoms with E-state index in [-0.39, 0.29) is 92.5 Å². The van der Waals surface area contributed by atoms with Crippen molar-refractivity contribution in [2.24, 2.45) is 23.3 Å². The van der Waals surface area contributed by atoms with Crippen molar-refractivity contribution >= 4 is 92.9 Å². The SMILES string of the molecule is CC[C@H](C)[C@@H]1NC(=O)c2cc(NC(=O)CNC(=O)C3CCN(c4nc(Cl)nc(Nc5ccc(-c6c7ccc(=O)cc-7oc7cc(O)ccc67)c(C(=O)O)c5)n4)CC3)ccc2OCc2ccc(C(N)=O)cc2NC(=O)[C@H](CCCCN)NC1=O. The van der Waals surface area contributed by atoms with E-state index in [2.05, 4.69) is 46.9 Å². The number of nitrogens with one attached hydrogen (secondary N) is 6. The Morgan fingerprint density at radius 1 is 0.855 bits per heavy atom. The molecule has 4 heterocycles. The highest BCUT2D eigenvalue weighted by molar-refractivity contribution is 6.28. The van der Waals surface area contributed by atoms with Gasteiger partial charge in [-0.25, -0.2) is 4.79 Å². The number of piperidine rings is 1. The Kier molecular flexibility index (Phi) is 17.8. The Labute approximate surface area is 479 Å². The van der Waals surface area contributed by atoms with Gasteiger partial charge in [-0.2, -0.15) is 15.0 Å². The lowest BCUT2D eigenvalue weighted by Crippen LogP contribution is -2.55. The highest BCUT2D eigenvalue weighted by Gasteiger charge is 2.33. The van der Waals surface area contributed by atoms with Crippen LogP contribution in [0.2, 0.25) is 5.28 Å². The maximum atomic E-state index is 14.2. The van der Waals surface area contributed by atoms with Crippen molar-refractivity contribution in [1.82, 2.24) is 30.9 Å². The monoisotopic (exact) mass is 1150 g/mol. The Hall–Kier alpha value is -9.68. The standard InChI is InChI=1S/C58H59ClN12O12/c1-3-29(2)49-54(79)65-42(6-4-5-19-60)53(78)66-43-22-31(50(61)75)7-8-32(43)28-82-44-16-10-33(24-41(44)52(77)67-49)63-47(74)27-62-51(76)30-17-20-71(21-18-30)58-69-56(59)68-57(70-58)64-34-9-13-37(40(23-34)55(80)81)48-38-14-11-35(72)25-45(38)83-46-26-36(73)12-15-39(46)48/h7-16,22-26,29-30,42,49,72H,3-6,17-21,27-28,60H2,1-2H3,(H2,61,75)(H,62,76)(H,63,74)(H,65,79)(H,66,78)(H,67,77)(H,80,81)(H,64,68,69,70)/t29-,42-,49-/m0/s1. The molecule has 3 atom stereocenters. The van der Waals surface area contributed by atoms with E-state index in [4.69, 9.17) is 32.2 Å². The second kappa shape index (κ2) is 25.4. The zero-order chi connectivity index (χ0) is 59.1. The number of rotatable bonds is 16. The quantitative estimate of drug-likeness (QED) is 0.0397. The van der Waals surface area contributed by atoms with E-state index in [1.54, 1.807) is 37.3 Å². The van der Waals surface area contributed by atoms with E-state index in [0.29, 0.717) is 85.1 Å². The number of carboxylic acids is 1. The van der Waals surface area contributed by atoms with E-state index in [9.17, 15) is 48.6 Å². The van der Waals surface area contributed by atoms with Gasteiger partial charge in [-0.1, -0.05) is 32.4 Å². The number of benzene rings is 5. The van der Waals surface area contributed by atoms with Crippen molar-refractivity contribution in [3.05, 3.63) is 129 Å². The zero-order valence-corrected chi connectivity index (χ0v) is 45.8. The van der Waals surface area contributed by atoms with Gasteiger partial charge in [-0.15, -0.1) is 0 Å². The fourth-order valence-corrected chi connectivity index (χ4v) is 10.0. The molecule has 5 aromatic rings. The topological polar surface area (TPSA) is 366 Å². The second-order valence-electron chi connectivity index (χ2n) is 20.2. The number of carboxylic acid groups (broad SMARTS) is 1. The number of fused-ring (bicyclic) bond motifs is 4. The molecule has 24 nitrogen and oxygen atoms in total. The number of amides is 6. The van der Waals surface area contributed by atoms with E-state index in [1.165, 1.54) is 60.7 Å². The summed E-state index contributed by atoms with van der Waals surface area (Å²) in [6, 6.07) is 19.9. The molecule has 83 heavy (non-hydrogen) atoms. The predicted octanol–water partition coefficient (Wildman–Crippen LogP) is 5.91. The first-order valence-electron chi connectivity index (χ1n) is 26.8. The zero-order valence-electron chi connectivity index (χ0n) is 45.0. The van der Waals surface area contributed by atoms with Crippen LogP contribution in [0.25, 0.3) is 33.4 Å². The lowest BCUT2D eigenvalue weighted by Gasteiger charge is -2.31. The van der Waals surface area contributed by atoms with Gasteiger partial charge in [0.2, 0.25) is 46.7 Å². The van der Waals surface area contributed by atoms with Crippen LogP contribution in [0.5, 0.6) is 11.5 Å². The number of nitrogens with zero attached hydrogens (tertiary/aromatic N) is 4. The van der Waals surface area contributed by atoms with Gasteiger partial charge in [-0.05, 0) is 128 Å². The molecule has 4 aromatic carbocycles. The summed E-state index contributed by atoms with van der Waals surface area (Å²) in [4.78, 5) is 121. The summed E-state index contributed by atoms with van der Waals surface area (Å²) in [6.07, 6.45) is 2.50. The summed E-state index contributed by atoms with van der Waals surface area (Å²) in [5.74, 6) is -5.33. The van der Waals surface area contributed by atoms with Crippen molar-refractivity contribution in [3.8, 4) is 33.9 Å². The van der Waals surface area contributed by atoms with Gasteiger partial charge in [0, 0.05) is 75.8 Å². The Morgan fingerprint density at radius 3 is 2.37 bits per heavy atom. The van der Waals surface area contributed by atoms with Gasteiger partial charge < -0.3 is 67.6 Å². The first-order chi connectivity index (χ1) is 39.8. The summed E-state index contributed by atoms with van der Waals surface area (Å²) in [7, 11) is 0. The van der Waals surface area contributed by atoms with Gasteiger partial charge in [-0.3, -0.25) is 33.6 Å². The van der Waals surface area contributed by atoms with Gasteiger partial charge in [0.15, 0.2) is 5.43 Å². The molecule has 1 aliphatic carbocycles. The number of anilines is 5. The molecular weight excluding hydrogens is 1090 g/mol. The molecule has 0 unspecified atom stereocenters. The number of nitrogens with two attached hydrogens (primary N) is 2. The minimum Gasteiger partial charge on any atom is -0.508 e. The molecule has 12 N–H and O–H groups in total. The molecule has 25 heteroatoms. The highest BCUT2D eigenvalue weighted by atomic mass is 35.5. The first kappa shape index (κ1) is 58.0. The highest BCUT2D eigenvalue weighted by Crippen LogP contribution is 2.43. The number of primary amides is 1. The summed E-state index contributed by atoms with van der Waals surface area (Å²) in [5, 5.41) is 37.9. The number of carbonyl (C=O) groups is 7. The van der Waals surface area contributed by atoms with Crippen molar-refractivity contribution in [3.63, 3.8) is 0 Å². The number of ether oxygens (including phenoxy) is 1. The van der Waals surface area contributed by atoms with Gasteiger partial charge >= 0.3 is 5.97 Å². The van der Waals surface area contributed by atoms with Crippen LogP contribution in [-0.2, 0) is 25.8 Å². The molecule has 0 bridgehead atoms. The number of phenolic OH excluding ortho intramolecular Hbond substituents is 1. The third-order valence-corrected chi connectivity index (χ3v) is 14.7. The first-order valence-corrected chi connectivity index (χ1v) is 27.1. The molecule has 1 saturated heterocycles. The fourth-order valence-electron chi connectivity index (χ4n) is 9.89. The number of unbranched alkanes of at least 4 members (excludes halogenated alkanes) is 1. The normalized spacial score (nSPS) is 16.2. The minimum atomic E-state index is -1.25. The van der Waals surface area contributed by atoms with Crippen molar-refractivity contribution in [2.75, 3.05) is 47.0 Å². The second-order valence-corrected chi connectivity index (χ2v) is 20.5. The summed E-state index contributed by atoms with van der Waals surface area (Å²) >= 11 is 6.39. The number of aromatic nitrogens is 3. The van der Waals surface area contributed by atoms with Gasteiger partial charge in [0.05, 0.1) is 17.7 Å². The predicted molar refractivity (Wildman–Crippen MR) is 308 cm³/mol. The molecule has 9 rings (SSSR count). The van der Waals surface area contributed by atoms with E-state index in [1.807, 2.05) is 11.8 Å². The summed E-state index contributed by atoms with van der Waals surface area (Å²) < 4.78 is 12.1. The third kappa shape index (κ3) is 13.6. The number of hydrogen-bond donors (Lipinski definition) is 10. The summed E-state index contributed by atoms with van der Waals surface area (Å²) in [6.45, 7) is 4.04. The fraction of sp³-hybridized carbons (Fsp3) is 0.293. The van der Waals surface area contributed by atoms with Crippen molar-refractivity contribution < 1.29 is 52.9 Å². The van der Waals surface area contributed by atoms with Crippen LogP contribution >= 0.6 is 11.6 Å². The number of phenols is 1. The number of aromatic hydroxyl groups is 1. The van der Waals surface area contributed by atoms with E-state index >= 15 is 0 Å². The lowest BCUT2D eigenvalue weighted by molar-refractivity contribution is -0.128. The smallest absolute Gasteiger partial charge is 0.336 e. The maximum Gasteiger partial charge on any atom is 0.336 e. The Bertz CT molecular complexity index is 3720. The average Bonchev–Trinajstić information content (AvgIpc) is 2.90. The molecule has 0 radical (unpaired) electrons. The molecule has 0 spiro atoms. The van der Waals surface area contributed by atoms with Crippen LogP contribution in [0, 0.1) is 11.8 Å². The van der Waals surface area contributed by atoms with Crippen LogP contribution < -0.4 is 58.4 Å². The number of hydrogen-bond acceptors (Lipinski definition) is 17. The molecule has 1 aromatic heterocycles. The van der Waals surface area contributed by atoms with Crippen molar-refractivity contribution in [2.45, 2.75) is 71.1 Å². The molecule has 430 valence electrons. The van der Waals surface area contributed by atoms with Crippen LogP contribution in [0.15, 0.2) is 100 Å². The number of carbonyl (C=O) groups excluding carboxylic acids is 6. The van der Waals surface area contributed by atoms with Gasteiger partial charge in [0.1, 0.15) is 41.5 Å². The van der Waals surface area contributed by atoms with Crippen LogP contribution in [0.1, 0.15) is 89.0 Å². The summed E-state index contributed by atoms with van der Waals surface area (Å²) in [5.41, 5.74) is 13.6. The Morgan fingerprint density at radius 2 is 1.63 bits per heavy atom. The van der Waals surface area contributed by atoms with E-state index in [0.717, 1.165) is 0 Å². The van der Waals surface area contributed by atoms with Crippen molar-refractivity contribution in [1.29, 1.82) is 0 Å². The molecule has 6 amide bonds. The molecule has 0 saturated carbocycles. The van der Waals surface area contributed by atoms with E-state index < -0.39 is 66.0 Å².